The highest BCUT2D eigenvalue weighted by Crippen LogP contribution is 2.15. The number of benzene rings is 1. The molecular weight excluding hydrogens is 268 g/mol. The first-order valence-corrected chi connectivity index (χ1v) is 5.72. The van der Waals surface area contributed by atoms with Gasteiger partial charge in [-0.2, -0.15) is 0 Å². The molecule has 104 valence electrons. The number of aryl methyl sites for hydroxylation is 1. The average Bonchev–Trinajstić information content (AvgIpc) is 2.41. The molecule has 0 aliphatic heterocycles. The quantitative estimate of drug-likeness (QED) is 0.930. The summed E-state index contributed by atoms with van der Waals surface area (Å²) in [5, 5.41) is 2.20. The Labute approximate surface area is 113 Å². The van der Waals surface area contributed by atoms with Crippen LogP contribution in [0.4, 0.5) is 14.5 Å². The number of anilines is 1. The topological polar surface area (TPSA) is 64.1 Å². The molecule has 0 atom stereocenters. The summed E-state index contributed by atoms with van der Waals surface area (Å²) in [4.78, 5) is 19.3. The molecule has 0 radical (unpaired) electrons. The van der Waals surface area contributed by atoms with Crippen LogP contribution in [0.5, 0.6) is 6.01 Å². The zero-order valence-electron chi connectivity index (χ0n) is 10.6. The van der Waals surface area contributed by atoms with Crippen LogP contribution in [0.25, 0.3) is 0 Å². The van der Waals surface area contributed by atoms with Gasteiger partial charge in [0.1, 0.15) is 11.6 Å². The van der Waals surface area contributed by atoms with E-state index in [2.05, 4.69) is 15.3 Å². The van der Waals surface area contributed by atoms with Crippen molar-refractivity contribution in [3.8, 4) is 6.01 Å². The van der Waals surface area contributed by atoms with Crippen molar-refractivity contribution in [1.29, 1.82) is 0 Å². The van der Waals surface area contributed by atoms with Crippen molar-refractivity contribution in [3.63, 3.8) is 0 Å². The Balaban J connectivity index is 1.94. The van der Waals surface area contributed by atoms with Crippen molar-refractivity contribution >= 4 is 11.6 Å². The summed E-state index contributed by atoms with van der Waals surface area (Å²) >= 11 is 0. The second-order valence-electron chi connectivity index (χ2n) is 3.94. The number of nitrogens with zero attached hydrogens (tertiary/aromatic N) is 2. The minimum atomic E-state index is -0.730. The summed E-state index contributed by atoms with van der Waals surface area (Å²) in [5.41, 5.74) is 0.440. The lowest BCUT2D eigenvalue weighted by atomic mass is 10.3. The zero-order chi connectivity index (χ0) is 14.5. The van der Waals surface area contributed by atoms with Gasteiger partial charge in [0.25, 0.3) is 5.91 Å². The maximum atomic E-state index is 13.3. The van der Waals surface area contributed by atoms with Gasteiger partial charge in [0.15, 0.2) is 6.61 Å². The molecule has 1 aromatic heterocycles. The lowest BCUT2D eigenvalue weighted by Crippen LogP contribution is -2.21. The molecule has 0 saturated heterocycles. The van der Waals surface area contributed by atoms with Gasteiger partial charge in [-0.3, -0.25) is 4.79 Å². The maximum Gasteiger partial charge on any atom is 0.317 e. The minimum Gasteiger partial charge on any atom is -0.453 e. The van der Waals surface area contributed by atoms with Crippen molar-refractivity contribution in [3.05, 3.63) is 47.8 Å². The van der Waals surface area contributed by atoms with Gasteiger partial charge < -0.3 is 10.1 Å². The van der Waals surface area contributed by atoms with E-state index in [0.717, 1.165) is 18.2 Å². The number of halogens is 2. The third-order valence-corrected chi connectivity index (χ3v) is 2.31. The number of aromatic nitrogens is 2. The standard InChI is InChI=1S/C13H11F2N3O2/c1-8-4-5-16-13(17-8)20-7-12(19)18-11-6-9(14)2-3-10(11)15/h2-6H,7H2,1H3,(H,18,19). The Bertz CT molecular complexity index is 635. The van der Waals surface area contributed by atoms with Gasteiger partial charge in [-0.15, -0.1) is 0 Å². The molecule has 1 heterocycles. The predicted molar refractivity (Wildman–Crippen MR) is 67.3 cm³/mol. The van der Waals surface area contributed by atoms with Gasteiger partial charge in [-0.05, 0) is 25.1 Å². The van der Waals surface area contributed by atoms with Crippen LogP contribution in [0.15, 0.2) is 30.5 Å². The smallest absolute Gasteiger partial charge is 0.317 e. The van der Waals surface area contributed by atoms with E-state index in [1.807, 2.05) is 0 Å². The van der Waals surface area contributed by atoms with Crippen molar-refractivity contribution in [2.45, 2.75) is 6.92 Å². The molecular formula is C13H11F2N3O2. The van der Waals surface area contributed by atoms with Crippen LogP contribution < -0.4 is 10.1 Å². The predicted octanol–water partition coefficient (Wildman–Crippen LogP) is 2.08. The van der Waals surface area contributed by atoms with Crippen LogP contribution in [0, 0.1) is 18.6 Å². The number of nitrogens with one attached hydrogen (secondary N) is 1. The SMILES string of the molecule is Cc1ccnc(OCC(=O)Nc2cc(F)ccc2F)n1. The van der Waals surface area contributed by atoms with Crippen LogP contribution in [0.3, 0.4) is 0 Å². The molecule has 1 aromatic carbocycles. The van der Waals surface area contributed by atoms with Gasteiger partial charge in [0.05, 0.1) is 5.69 Å². The van der Waals surface area contributed by atoms with E-state index in [4.69, 9.17) is 4.74 Å². The van der Waals surface area contributed by atoms with E-state index in [9.17, 15) is 13.6 Å². The summed E-state index contributed by atoms with van der Waals surface area (Å²) in [6.45, 7) is 1.34. The summed E-state index contributed by atoms with van der Waals surface area (Å²) < 4.78 is 31.3. The van der Waals surface area contributed by atoms with Gasteiger partial charge in [-0.1, -0.05) is 0 Å². The fourth-order valence-electron chi connectivity index (χ4n) is 1.41. The van der Waals surface area contributed by atoms with Crippen LogP contribution in [-0.2, 0) is 4.79 Å². The largest absolute Gasteiger partial charge is 0.453 e. The first-order valence-electron chi connectivity index (χ1n) is 5.72. The number of carbonyl (C=O) groups is 1. The molecule has 1 amide bonds. The molecule has 2 aromatic rings. The molecule has 0 unspecified atom stereocenters. The van der Waals surface area contributed by atoms with Crippen LogP contribution in [0.2, 0.25) is 0 Å². The minimum absolute atomic E-state index is 0.0415. The lowest BCUT2D eigenvalue weighted by Gasteiger charge is -2.07. The molecule has 0 fully saturated rings. The van der Waals surface area contributed by atoms with E-state index in [1.54, 1.807) is 13.0 Å². The average molecular weight is 279 g/mol. The van der Waals surface area contributed by atoms with Gasteiger partial charge >= 0.3 is 6.01 Å². The molecule has 20 heavy (non-hydrogen) atoms. The number of hydrogen-bond donors (Lipinski definition) is 1. The monoisotopic (exact) mass is 279 g/mol. The third-order valence-electron chi connectivity index (χ3n) is 2.31. The molecule has 5 nitrogen and oxygen atoms in total. The van der Waals surface area contributed by atoms with E-state index < -0.39 is 24.1 Å². The molecule has 0 saturated carbocycles. The van der Waals surface area contributed by atoms with Gasteiger partial charge in [-0.25, -0.2) is 18.7 Å². The summed E-state index contributed by atoms with van der Waals surface area (Å²) in [5.74, 6) is -2.02. The van der Waals surface area contributed by atoms with E-state index in [0.29, 0.717) is 5.69 Å². The van der Waals surface area contributed by atoms with Crippen molar-refractivity contribution in [2.75, 3.05) is 11.9 Å². The number of carbonyl (C=O) groups excluding carboxylic acids is 1. The highest BCUT2D eigenvalue weighted by Gasteiger charge is 2.09. The number of rotatable bonds is 4. The number of amides is 1. The van der Waals surface area contributed by atoms with Crippen LogP contribution in [0.1, 0.15) is 5.69 Å². The van der Waals surface area contributed by atoms with E-state index in [-0.39, 0.29) is 11.7 Å². The highest BCUT2D eigenvalue weighted by molar-refractivity contribution is 5.91. The zero-order valence-corrected chi connectivity index (χ0v) is 10.6. The summed E-state index contributed by atoms with van der Waals surface area (Å²) in [7, 11) is 0. The second-order valence-corrected chi connectivity index (χ2v) is 3.94. The fraction of sp³-hybridized carbons (Fsp3) is 0.154. The Morgan fingerprint density at radius 2 is 2.15 bits per heavy atom. The van der Waals surface area contributed by atoms with E-state index in [1.165, 1.54) is 6.20 Å². The first kappa shape index (κ1) is 13.9. The first-order chi connectivity index (χ1) is 9.54. The molecule has 0 bridgehead atoms. The molecule has 0 aliphatic rings. The van der Waals surface area contributed by atoms with Gasteiger partial charge in [0, 0.05) is 18.0 Å². The molecule has 0 aliphatic carbocycles. The van der Waals surface area contributed by atoms with Gasteiger partial charge in [0.2, 0.25) is 0 Å². The van der Waals surface area contributed by atoms with Crippen LogP contribution in [-0.4, -0.2) is 22.5 Å². The fourth-order valence-corrected chi connectivity index (χ4v) is 1.41. The lowest BCUT2D eigenvalue weighted by molar-refractivity contribution is -0.118. The molecule has 1 N–H and O–H groups in total. The van der Waals surface area contributed by atoms with Crippen molar-refractivity contribution in [2.24, 2.45) is 0 Å². The Hall–Kier alpha value is -2.57. The van der Waals surface area contributed by atoms with Crippen molar-refractivity contribution in [1.82, 2.24) is 9.97 Å². The summed E-state index contributed by atoms with van der Waals surface area (Å²) in [6.07, 6.45) is 1.49. The van der Waals surface area contributed by atoms with Crippen LogP contribution >= 0.6 is 0 Å². The molecule has 2 rings (SSSR count). The Morgan fingerprint density at radius 3 is 2.90 bits per heavy atom. The third kappa shape index (κ3) is 3.71. The summed E-state index contributed by atoms with van der Waals surface area (Å²) in [6, 6.07) is 4.49. The van der Waals surface area contributed by atoms with Crippen molar-refractivity contribution < 1.29 is 18.3 Å². The normalized spacial score (nSPS) is 10.2. The van der Waals surface area contributed by atoms with E-state index >= 15 is 0 Å². The number of hydrogen-bond acceptors (Lipinski definition) is 4. The Kier molecular flexibility index (Phi) is 4.19. The highest BCUT2D eigenvalue weighted by atomic mass is 19.1. The molecule has 0 spiro atoms. The maximum absolute atomic E-state index is 13.3. The Morgan fingerprint density at radius 1 is 1.35 bits per heavy atom. The second kappa shape index (κ2) is 6.05. The molecule has 7 heteroatoms. The number of ether oxygens (including phenoxy) is 1.